The number of hydrogen-bond acceptors (Lipinski definition) is 10. The van der Waals surface area contributed by atoms with E-state index in [2.05, 4.69) is 55.6 Å². The summed E-state index contributed by atoms with van der Waals surface area (Å²) in [6.07, 6.45) is 41.1. The molecular formula is C54H101NO10. The summed E-state index contributed by atoms with van der Waals surface area (Å²) < 4.78 is 11.1. The minimum absolute atomic E-state index is 0.253. The summed E-state index contributed by atoms with van der Waals surface area (Å²) in [4.78, 5) is 13.1. The molecule has 0 saturated carbocycles. The van der Waals surface area contributed by atoms with Crippen LogP contribution >= 0.6 is 0 Å². The van der Waals surface area contributed by atoms with Crippen LogP contribution in [0.2, 0.25) is 0 Å². The van der Waals surface area contributed by atoms with Crippen LogP contribution < -0.4 is 5.32 Å². The van der Waals surface area contributed by atoms with E-state index >= 15 is 0 Å². The summed E-state index contributed by atoms with van der Waals surface area (Å²) in [5, 5.41) is 75.5. The van der Waals surface area contributed by atoms with Gasteiger partial charge in [0.1, 0.15) is 36.6 Å². The van der Waals surface area contributed by atoms with E-state index in [0.29, 0.717) is 12.8 Å². The number of rotatable bonds is 45. The van der Waals surface area contributed by atoms with Gasteiger partial charge in [-0.05, 0) is 70.6 Å². The van der Waals surface area contributed by atoms with Crippen LogP contribution in [0.5, 0.6) is 0 Å². The molecule has 11 heteroatoms. The van der Waals surface area contributed by atoms with E-state index in [-0.39, 0.29) is 12.8 Å². The van der Waals surface area contributed by atoms with Crippen LogP contribution in [-0.4, -0.2) is 110 Å². The number of unbranched alkanes of at least 4 members (excludes halogenated alkanes) is 27. The number of hydrogen-bond donors (Lipinski definition) is 8. The van der Waals surface area contributed by atoms with Crippen molar-refractivity contribution >= 4 is 5.91 Å². The molecule has 0 aromatic rings. The fraction of sp³-hybridized carbons (Fsp3) is 0.870. The Kier molecular flexibility index (Phi) is 41.1. The van der Waals surface area contributed by atoms with Crippen LogP contribution in [-0.2, 0) is 14.3 Å². The maximum absolute atomic E-state index is 13.1. The van der Waals surface area contributed by atoms with Crippen LogP contribution in [0.15, 0.2) is 36.5 Å². The Morgan fingerprint density at radius 1 is 0.538 bits per heavy atom. The van der Waals surface area contributed by atoms with Gasteiger partial charge in [0.2, 0.25) is 5.91 Å². The van der Waals surface area contributed by atoms with Crippen LogP contribution in [0, 0.1) is 0 Å². The number of allylic oxidation sites excluding steroid dienone is 6. The van der Waals surface area contributed by atoms with Gasteiger partial charge >= 0.3 is 0 Å². The molecule has 0 aromatic carbocycles. The Morgan fingerprint density at radius 2 is 0.954 bits per heavy atom. The van der Waals surface area contributed by atoms with Gasteiger partial charge in [-0.15, -0.1) is 0 Å². The van der Waals surface area contributed by atoms with Crippen LogP contribution in [0.1, 0.15) is 232 Å². The highest BCUT2D eigenvalue weighted by molar-refractivity contribution is 5.80. The number of carbonyl (C=O) groups excluding carboxylic acids is 1. The predicted molar refractivity (Wildman–Crippen MR) is 265 cm³/mol. The molecule has 0 aromatic heterocycles. The zero-order valence-corrected chi connectivity index (χ0v) is 41.5. The number of ether oxygens (including phenoxy) is 2. The summed E-state index contributed by atoms with van der Waals surface area (Å²) in [6, 6.07) is -1.18. The van der Waals surface area contributed by atoms with Crippen LogP contribution in [0.4, 0.5) is 0 Å². The van der Waals surface area contributed by atoms with Gasteiger partial charge < -0.3 is 50.5 Å². The molecule has 1 aliphatic rings. The van der Waals surface area contributed by atoms with Crippen LogP contribution in [0.25, 0.3) is 0 Å². The standard InChI is InChI=1S/C54H101NO10/c1-3-5-7-9-11-13-14-15-16-17-18-19-20-21-22-23-24-25-26-27-28-29-30-31-32-33-34-36-38-40-42-47(58)53(63)55-45(44-64-54-52(62)51(61)50(60)48(43-56)65-54)49(59)46(57)41-39-37-35-12-10-8-6-4-2/h12,18-19,21-22,35,45-52,54,56-62H,3-11,13-17,20,23-34,36-44H2,1-2H3,(H,55,63)/b19-18-,22-21-,35-12+. The summed E-state index contributed by atoms with van der Waals surface area (Å²) in [7, 11) is 0. The van der Waals surface area contributed by atoms with E-state index in [0.717, 1.165) is 51.4 Å². The fourth-order valence-corrected chi connectivity index (χ4v) is 8.47. The van der Waals surface area contributed by atoms with Gasteiger partial charge in [-0.1, -0.05) is 198 Å². The molecule has 65 heavy (non-hydrogen) atoms. The lowest BCUT2D eigenvalue weighted by atomic mass is 9.98. The van der Waals surface area contributed by atoms with Gasteiger partial charge in [-0.25, -0.2) is 0 Å². The summed E-state index contributed by atoms with van der Waals surface area (Å²) >= 11 is 0. The second-order valence-corrected chi connectivity index (χ2v) is 18.9. The molecule has 1 fully saturated rings. The van der Waals surface area contributed by atoms with E-state index in [1.807, 2.05) is 0 Å². The maximum atomic E-state index is 13.1. The highest BCUT2D eigenvalue weighted by Crippen LogP contribution is 2.23. The first-order valence-electron chi connectivity index (χ1n) is 26.9. The zero-order valence-electron chi connectivity index (χ0n) is 41.5. The molecule has 0 bridgehead atoms. The molecule has 1 amide bonds. The van der Waals surface area contributed by atoms with Crippen molar-refractivity contribution in [3.8, 4) is 0 Å². The first kappa shape index (κ1) is 61.3. The molecule has 0 spiro atoms. The lowest BCUT2D eigenvalue weighted by Crippen LogP contribution is -2.60. The molecule has 9 atom stereocenters. The molecule has 9 unspecified atom stereocenters. The summed E-state index contributed by atoms with van der Waals surface area (Å²) in [5.41, 5.74) is 0. The third kappa shape index (κ3) is 32.7. The van der Waals surface area contributed by atoms with Crippen molar-refractivity contribution in [1.82, 2.24) is 5.32 Å². The van der Waals surface area contributed by atoms with E-state index in [4.69, 9.17) is 9.47 Å². The summed E-state index contributed by atoms with van der Waals surface area (Å²) in [6.45, 7) is 3.36. The van der Waals surface area contributed by atoms with Gasteiger partial charge in [0.15, 0.2) is 6.29 Å². The third-order valence-electron chi connectivity index (χ3n) is 12.9. The highest BCUT2D eigenvalue weighted by Gasteiger charge is 2.44. The number of aliphatic hydroxyl groups is 7. The molecule has 1 rings (SSSR count). The molecule has 0 aliphatic carbocycles. The molecule has 1 saturated heterocycles. The van der Waals surface area contributed by atoms with Crippen molar-refractivity contribution in [2.45, 2.75) is 287 Å². The molecular weight excluding hydrogens is 823 g/mol. The van der Waals surface area contributed by atoms with Crippen molar-refractivity contribution in [3.05, 3.63) is 36.5 Å². The van der Waals surface area contributed by atoms with Crippen LogP contribution in [0.3, 0.4) is 0 Å². The lowest BCUT2D eigenvalue weighted by Gasteiger charge is -2.40. The minimum atomic E-state index is -1.67. The van der Waals surface area contributed by atoms with E-state index in [1.165, 1.54) is 141 Å². The average Bonchev–Trinajstić information content (AvgIpc) is 3.31. The minimum Gasteiger partial charge on any atom is -0.394 e. The Bertz CT molecular complexity index is 1150. The number of carbonyl (C=O) groups is 1. The second-order valence-electron chi connectivity index (χ2n) is 18.9. The molecule has 1 heterocycles. The number of aliphatic hydroxyl groups excluding tert-OH is 7. The molecule has 1 aliphatic heterocycles. The Hall–Kier alpha value is -1.67. The molecule has 11 nitrogen and oxygen atoms in total. The lowest BCUT2D eigenvalue weighted by molar-refractivity contribution is -0.303. The Balaban J connectivity index is 2.19. The fourth-order valence-electron chi connectivity index (χ4n) is 8.47. The summed E-state index contributed by atoms with van der Waals surface area (Å²) in [5.74, 6) is -0.709. The molecule has 0 radical (unpaired) electrons. The Morgan fingerprint density at radius 3 is 1.45 bits per heavy atom. The SMILES string of the molecule is CCCCC/C=C/CCCC(O)C(O)C(COC1OC(CO)C(O)C(O)C1O)NC(=O)C(O)CCCCCCCCCCCCCCCC/C=C\C/C=C\CCCCCCCCCCC. The first-order chi connectivity index (χ1) is 31.7. The molecule has 8 N–H and O–H groups in total. The monoisotopic (exact) mass is 924 g/mol. The van der Waals surface area contributed by atoms with Crippen molar-refractivity contribution in [3.63, 3.8) is 0 Å². The van der Waals surface area contributed by atoms with E-state index in [9.17, 15) is 40.5 Å². The molecule has 382 valence electrons. The predicted octanol–water partition coefficient (Wildman–Crippen LogP) is 10.3. The topological polar surface area (TPSA) is 189 Å². The van der Waals surface area contributed by atoms with E-state index in [1.54, 1.807) is 0 Å². The quantitative estimate of drug-likeness (QED) is 0.0216. The second kappa shape index (κ2) is 43.6. The van der Waals surface area contributed by atoms with E-state index < -0.39 is 74.2 Å². The van der Waals surface area contributed by atoms with Crippen molar-refractivity contribution in [2.75, 3.05) is 13.2 Å². The van der Waals surface area contributed by atoms with Crippen molar-refractivity contribution < 1.29 is 50.0 Å². The van der Waals surface area contributed by atoms with Gasteiger partial charge in [0, 0.05) is 0 Å². The maximum Gasteiger partial charge on any atom is 0.249 e. The average molecular weight is 924 g/mol. The highest BCUT2D eigenvalue weighted by atomic mass is 16.7. The van der Waals surface area contributed by atoms with Gasteiger partial charge in [0.25, 0.3) is 0 Å². The van der Waals surface area contributed by atoms with Gasteiger partial charge in [0.05, 0.1) is 25.4 Å². The van der Waals surface area contributed by atoms with Crippen molar-refractivity contribution in [1.29, 1.82) is 0 Å². The Labute approximate surface area is 397 Å². The van der Waals surface area contributed by atoms with Crippen molar-refractivity contribution in [2.24, 2.45) is 0 Å². The first-order valence-corrected chi connectivity index (χ1v) is 26.9. The largest absolute Gasteiger partial charge is 0.394 e. The third-order valence-corrected chi connectivity index (χ3v) is 12.9. The normalized spacial score (nSPS) is 21.2. The smallest absolute Gasteiger partial charge is 0.249 e. The zero-order chi connectivity index (χ0) is 47.6. The van der Waals surface area contributed by atoms with Gasteiger partial charge in [-0.3, -0.25) is 4.79 Å². The van der Waals surface area contributed by atoms with Gasteiger partial charge in [-0.2, -0.15) is 0 Å². The number of nitrogens with one attached hydrogen (secondary N) is 1. The number of amides is 1.